The van der Waals surface area contributed by atoms with Crippen molar-refractivity contribution in [3.63, 3.8) is 0 Å². The Morgan fingerprint density at radius 1 is 0.967 bits per heavy atom. The first-order valence-corrected chi connectivity index (χ1v) is 8.12. The number of ether oxygens (including phenoxy) is 1. The molecule has 1 aromatic heterocycles. The average molecular weight is 431 g/mol. The van der Waals surface area contributed by atoms with Crippen LogP contribution in [0.1, 0.15) is 21.7 Å². The number of benzene rings is 2. The molecule has 0 spiro atoms. The molecule has 0 radical (unpaired) electrons. The van der Waals surface area contributed by atoms with E-state index in [9.17, 15) is 31.1 Å². The fourth-order valence-corrected chi connectivity index (χ4v) is 2.27. The normalized spacial score (nSPS) is 11.9. The summed E-state index contributed by atoms with van der Waals surface area (Å²) in [4.78, 5) is 13.0. The molecule has 7 nitrogen and oxygen atoms in total. The first-order chi connectivity index (χ1) is 14.0. The fraction of sp³-hybridized carbons (Fsp3) is 0.176. The number of halogens is 6. The van der Waals surface area contributed by atoms with E-state index in [4.69, 9.17) is 0 Å². The molecule has 1 amide bonds. The van der Waals surface area contributed by atoms with Gasteiger partial charge in [-0.2, -0.15) is 13.2 Å². The molecule has 3 rings (SSSR count). The highest BCUT2D eigenvalue weighted by molar-refractivity contribution is 5.90. The second-order valence-electron chi connectivity index (χ2n) is 5.82. The van der Waals surface area contributed by atoms with Gasteiger partial charge in [-0.1, -0.05) is 12.1 Å². The van der Waals surface area contributed by atoms with Gasteiger partial charge in [0.05, 0.1) is 11.3 Å². The summed E-state index contributed by atoms with van der Waals surface area (Å²) < 4.78 is 77.9. The summed E-state index contributed by atoms with van der Waals surface area (Å²) in [6.45, 7) is -0.0417. The van der Waals surface area contributed by atoms with Gasteiger partial charge in [0, 0.05) is 6.54 Å². The van der Waals surface area contributed by atoms with Crippen molar-refractivity contribution in [3.05, 3.63) is 65.5 Å². The molecule has 0 saturated carbocycles. The molecule has 13 heteroatoms. The molecule has 0 fully saturated rings. The van der Waals surface area contributed by atoms with Crippen molar-refractivity contribution in [2.45, 2.75) is 19.1 Å². The number of carbonyl (C=O) groups excluding carboxylic acids is 1. The lowest BCUT2D eigenvalue weighted by Gasteiger charge is -2.09. The minimum atomic E-state index is -4.81. The van der Waals surface area contributed by atoms with Crippen LogP contribution in [0.5, 0.6) is 5.75 Å². The molecule has 1 N–H and O–H groups in total. The van der Waals surface area contributed by atoms with Gasteiger partial charge in [-0.05, 0) is 47.2 Å². The Kier molecular flexibility index (Phi) is 5.62. The predicted octanol–water partition coefficient (Wildman–Crippen LogP) is 3.51. The number of amides is 1. The van der Waals surface area contributed by atoms with E-state index in [2.05, 4.69) is 25.5 Å². The highest BCUT2D eigenvalue weighted by Crippen LogP contribution is 2.29. The van der Waals surface area contributed by atoms with Gasteiger partial charge in [0.2, 0.25) is 0 Å². The SMILES string of the molecule is O=C(NCc1ccc(OC(F)(F)F)cc1)c1nnn(-c2ccc(C(F)(F)F)cc2)n1. The van der Waals surface area contributed by atoms with Crippen LogP contribution in [0.4, 0.5) is 26.3 Å². The second-order valence-corrected chi connectivity index (χ2v) is 5.82. The number of nitrogens with zero attached hydrogens (tertiary/aromatic N) is 4. The molecule has 0 aliphatic carbocycles. The third-order valence-corrected chi connectivity index (χ3v) is 3.65. The molecule has 1 heterocycles. The minimum absolute atomic E-state index is 0.0417. The van der Waals surface area contributed by atoms with Gasteiger partial charge in [0.25, 0.3) is 11.7 Å². The quantitative estimate of drug-likeness (QED) is 0.626. The highest BCUT2D eigenvalue weighted by Gasteiger charge is 2.31. The summed E-state index contributed by atoms with van der Waals surface area (Å²) in [5, 5.41) is 13.4. The van der Waals surface area contributed by atoms with E-state index >= 15 is 0 Å². The maximum atomic E-state index is 12.6. The third kappa shape index (κ3) is 5.46. The summed E-state index contributed by atoms with van der Waals surface area (Å²) >= 11 is 0. The number of carbonyl (C=O) groups is 1. The molecule has 2 aromatic carbocycles. The van der Waals surface area contributed by atoms with E-state index in [-0.39, 0.29) is 18.1 Å². The van der Waals surface area contributed by atoms with Gasteiger partial charge < -0.3 is 10.1 Å². The van der Waals surface area contributed by atoms with Gasteiger partial charge >= 0.3 is 12.5 Å². The van der Waals surface area contributed by atoms with Crippen molar-refractivity contribution in [2.75, 3.05) is 0 Å². The second kappa shape index (κ2) is 8.00. The number of hydrogen-bond donors (Lipinski definition) is 1. The standard InChI is InChI=1S/C17H11F6N5O2/c18-16(19,20)11-3-5-12(6-4-11)28-26-14(25-27-28)15(29)24-9-10-1-7-13(8-2-10)30-17(21,22)23/h1-8H,9H2,(H,24,29). The first kappa shape index (κ1) is 21.1. The van der Waals surface area contributed by atoms with Crippen LogP contribution in [0.2, 0.25) is 0 Å². The monoisotopic (exact) mass is 431 g/mol. The van der Waals surface area contributed by atoms with Gasteiger partial charge in [-0.15, -0.1) is 28.2 Å². The molecule has 0 saturated heterocycles. The Labute approximate surface area is 164 Å². The van der Waals surface area contributed by atoms with Crippen LogP contribution in [0.15, 0.2) is 48.5 Å². The van der Waals surface area contributed by atoms with Crippen LogP contribution in [0, 0.1) is 0 Å². The molecule has 0 bridgehead atoms. The van der Waals surface area contributed by atoms with E-state index in [1.54, 1.807) is 0 Å². The van der Waals surface area contributed by atoms with E-state index in [0.29, 0.717) is 5.56 Å². The van der Waals surface area contributed by atoms with E-state index in [1.165, 1.54) is 12.1 Å². The van der Waals surface area contributed by atoms with Gasteiger partial charge in [0.1, 0.15) is 5.75 Å². The zero-order valence-corrected chi connectivity index (χ0v) is 14.7. The Balaban J connectivity index is 1.60. The Hall–Kier alpha value is -3.64. The zero-order valence-electron chi connectivity index (χ0n) is 14.7. The Morgan fingerprint density at radius 2 is 1.60 bits per heavy atom. The van der Waals surface area contributed by atoms with Crippen molar-refractivity contribution >= 4 is 5.91 Å². The number of aromatic nitrogens is 4. The van der Waals surface area contributed by atoms with E-state index in [1.807, 2.05) is 0 Å². The topological polar surface area (TPSA) is 81.9 Å². The number of alkyl halides is 6. The molecule has 0 atom stereocenters. The minimum Gasteiger partial charge on any atom is -0.406 e. The zero-order chi connectivity index (χ0) is 21.9. The van der Waals surface area contributed by atoms with Gasteiger partial charge in [0.15, 0.2) is 0 Å². The summed E-state index contributed by atoms with van der Waals surface area (Å²) in [6.07, 6.45) is -9.29. The maximum absolute atomic E-state index is 12.6. The largest absolute Gasteiger partial charge is 0.573 e. The lowest BCUT2D eigenvalue weighted by Crippen LogP contribution is -2.24. The molecule has 0 aliphatic rings. The van der Waals surface area contributed by atoms with E-state index in [0.717, 1.165) is 41.2 Å². The van der Waals surface area contributed by atoms with Crippen molar-refractivity contribution < 1.29 is 35.9 Å². The predicted molar refractivity (Wildman–Crippen MR) is 88.5 cm³/mol. The molecule has 3 aromatic rings. The molecular formula is C17H11F6N5O2. The first-order valence-electron chi connectivity index (χ1n) is 8.12. The fourth-order valence-electron chi connectivity index (χ4n) is 2.27. The average Bonchev–Trinajstić information content (AvgIpc) is 3.16. The molecule has 30 heavy (non-hydrogen) atoms. The molecule has 158 valence electrons. The summed E-state index contributed by atoms with van der Waals surface area (Å²) in [5.74, 6) is -1.48. The van der Waals surface area contributed by atoms with Crippen LogP contribution in [0.25, 0.3) is 5.69 Å². The Bertz CT molecular complexity index is 1010. The lowest BCUT2D eigenvalue weighted by molar-refractivity contribution is -0.274. The van der Waals surface area contributed by atoms with Crippen molar-refractivity contribution in [1.82, 2.24) is 25.5 Å². The Morgan fingerprint density at radius 3 is 2.17 bits per heavy atom. The van der Waals surface area contributed by atoms with Gasteiger partial charge in [-0.25, -0.2) is 0 Å². The summed E-state index contributed by atoms with van der Waals surface area (Å²) in [7, 11) is 0. The number of rotatable bonds is 5. The van der Waals surface area contributed by atoms with Crippen LogP contribution < -0.4 is 10.1 Å². The van der Waals surface area contributed by atoms with Crippen molar-refractivity contribution in [2.24, 2.45) is 0 Å². The van der Waals surface area contributed by atoms with Crippen LogP contribution in [0.3, 0.4) is 0 Å². The smallest absolute Gasteiger partial charge is 0.406 e. The third-order valence-electron chi connectivity index (χ3n) is 3.65. The molecule has 0 aliphatic heterocycles. The summed E-state index contributed by atoms with van der Waals surface area (Å²) in [6, 6.07) is 8.76. The highest BCUT2D eigenvalue weighted by atomic mass is 19.4. The van der Waals surface area contributed by atoms with Crippen molar-refractivity contribution in [1.29, 1.82) is 0 Å². The van der Waals surface area contributed by atoms with Crippen molar-refractivity contribution in [3.8, 4) is 11.4 Å². The number of nitrogens with one attached hydrogen (secondary N) is 1. The van der Waals surface area contributed by atoms with Crippen LogP contribution in [-0.4, -0.2) is 32.5 Å². The van der Waals surface area contributed by atoms with E-state index < -0.39 is 29.8 Å². The number of hydrogen-bond acceptors (Lipinski definition) is 5. The number of tetrazole rings is 1. The van der Waals surface area contributed by atoms with Crippen LogP contribution in [-0.2, 0) is 12.7 Å². The maximum Gasteiger partial charge on any atom is 0.573 e. The van der Waals surface area contributed by atoms with Gasteiger partial charge in [-0.3, -0.25) is 4.79 Å². The molecular weight excluding hydrogens is 420 g/mol. The molecule has 0 unspecified atom stereocenters. The summed E-state index contributed by atoms with van der Waals surface area (Å²) in [5.41, 5.74) is -0.209. The lowest BCUT2D eigenvalue weighted by atomic mass is 10.2. The van der Waals surface area contributed by atoms with Crippen LogP contribution >= 0.6 is 0 Å².